The molecule has 0 radical (unpaired) electrons. The minimum absolute atomic E-state index is 0.134. The lowest BCUT2D eigenvalue weighted by atomic mass is 10.2. The van der Waals surface area contributed by atoms with Gasteiger partial charge in [0.25, 0.3) is 5.91 Å². The van der Waals surface area contributed by atoms with Crippen molar-refractivity contribution >= 4 is 22.8 Å². The molecule has 1 aliphatic heterocycles. The molecular formula is C5H8N2OS. The summed E-state index contributed by atoms with van der Waals surface area (Å²) in [6, 6.07) is 0. The first-order valence-corrected chi connectivity index (χ1v) is 3.41. The molecule has 0 aromatic carbocycles. The number of hydrogen-bond donors (Lipinski definition) is 1. The fraction of sp³-hybridized carbons (Fsp3) is 0.600. The number of amides is 1. The normalized spacial score (nSPS) is 24.2. The molecule has 0 unspecified atom stereocenters. The molecule has 9 heavy (non-hydrogen) atoms. The zero-order valence-corrected chi connectivity index (χ0v) is 6.16. The van der Waals surface area contributed by atoms with Crippen LogP contribution in [0.25, 0.3) is 0 Å². The molecule has 0 saturated carbocycles. The standard InChI is InChI=1S/C5H8N2OS/c1-5(2)3(8)7-4(6)9-5/h1-2H3,(H2,6,7,8). The van der Waals surface area contributed by atoms with Gasteiger partial charge in [0, 0.05) is 0 Å². The second-order valence-corrected chi connectivity index (χ2v) is 4.01. The van der Waals surface area contributed by atoms with Crippen molar-refractivity contribution in [2.75, 3.05) is 0 Å². The molecule has 4 heteroatoms. The van der Waals surface area contributed by atoms with Crippen LogP contribution in [0, 0.1) is 0 Å². The zero-order valence-electron chi connectivity index (χ0n) is 5.34. The van der Waals surface area contributed by atoms with Crippen molar-refractivity contribution in [1.82, 2.24) is 0 Å². The summed E-state index contributed by atoms with van der Waals surface area (Å²) in [6.07, 6.45) is 0. The van der Waals surface area contributed by atoms with Crippen molar-refractivity contribution in [3.8, 4) is 0 Å². The molecule has 1 aliphatic rings. The Morgan fingerprint density at radius 1 is 1.67 bits per heavy atom. The molecule has 0 saturated heterocycles. The second-order valence-electron chi connectivity index (χ2n) is 2.37. The summed E-state index contributed by atoms with van der Waals surface area (Å²) in [5.41, 5.74) is 5.29. The van der Waals surface area contributed by atoms with E-state index in [1.807, 2.05) is 13.8 Å². The molecule has 0 aromatic heterocycles. The van der Waals surface area contributed by atoms with E-state index >= 15 is 0 Å². The topological polar surface area (TPSA) is 55.4 Å². The summed E-state index contributed by atoms with van der Waals surface area (Å²) in [7, 11) is 0. The third kappa shape index (κ3) is 1.08. The lowest BCUT2D eigenvalue weighted by molar-refractivity contribution is -0.119. The molecule has 0 aliphatic carbocycles. The van der Waals surface area contributed by atoms with Gasteiger partial charge in [0.2, 0.25) is 0 Å². The van der Waals surface area contributed by atoms with Crippen LogP contribution in [0.1, 0.15) is 13.8 Å². The van der Waals surface area contributed by atoms with E-state index in [1.165, 1.54) is 11.8 Å². The number of hydrogen-bond acceptors (Lipinski definition) is 3. The summed E-state index contributed by atoms with van der Waals surface area (Å²) in [5.74, 6) is -0.134. The number of amidine groups is 1. The first kappa shape index (κ1) is 6.61. The summed E-state index contributed by atoms with van der Waals surface area (Å²) < 4.78 is -0.427. The third-order valence-corrected chi connectivity index (χ3v) is 2.07. The highest BCUT2D eigenvalue weighted by Gasteiger charge is 2.34. The Morgan fingerprint density at radius 2 is 2.22 bits per heavy atom. The van der Waals surface area contributed by atoms with Crippen LogP contribution in [0.5, 0.6) is 0 Å². The molecule has 50 valence electrons. The number of nitrogens with two attached hydrogens (primary N) is 1. The molecule has 2 N–H and O–H groups in total. The minimum Gasteiger partial charge on any atom is -0.378 e. The highest BCUT2D eigenvalue weighted by Crippen LogP contribution is 2.30. The molecule has 1 heterocycles. The number of carbonyl (C=O) groups excluding carboxylic acids is 1. The van der Waals surface area contributed by atoms with Crippen molar-refractivity contribution in [3.05, 3.63) is 0 Å². The average Bonchev–Trinajstić information content (AvgIpc) is 1.79. The van der Waals surface area contributed by atoms with Crippen LogP contribution in [0.2, 0.25) is 0 Å². The summed E-state index contributed by atoms with van der Waals surface area (Å²) in [5, 5.41) is 0.380. The Hall–Kier alpha value is -0.510. The molecule has 1 rings (SSSR count). The highest BCUT2D eigenvalue weighted by molar-refractivity contribution is 8.16. The Bertz CT molecular complexity index is 185. The van der Waals surface area contributed by atoms with Gasteiger partial charge < -0.3 is 5.73 Å². The lowest BCUT2D eigenvalue weighted by Gasteiger charge is -2.09. The maximum absolute atomic E-state index is 10.8. The fourth-order valence-corrected chi connectivity index (χ4v) is 1.35. The largest absolute Gasteiger partial charge is 0.378 e. The van der Waals surface area contributed by atoms with Crippen LogP contribution in [-0.4, -0.2) is 15.8 Å². The van der Waals surface area contributed by atoms with Crippen molar-refractivity contribution in [3.63, 3.8) is 0 Å². The molecule has 0 atom stereocenters. The van der Waals surface area contributed by atoms with E-state index in [0.717, 1.165) is 0 Å². The zero-order chi connectivity index (χ0) is 7.07. The Labute approximate surface area is 57.7 Å². The maximum atomic E-state index is 10.8. The van der Waals surface area contributed by atoms with Crippen molar-refractivity contribution in [1.29, 1.82) is 0 Å². The number of nitrogens with zero attached hydrogens (tertiary/aromatic N) is 1. The number of carbonyl (C=O) groups is 1. The van der Waals surface area contributed by atoms with E-state index in [0.29, 0.717) is 5.17 Å². The summed E-state index contributed by atoms with van der Waals surface area (Å²) in [6.45, 7) is 3.62. The van der Waals surface area contributed by atoms with Crippen molar-refractivity contribution in [2.24, 2.45) is 10.7 Å². The minimum atomic E-state index is -0.427. The Morgan fingerprint density at radius 3 is 2.33 bits per heavy atom. The van der Waals surface area contributed by atoms with Gasteiger partial charge >= 0.3 is 0 Å². The third-order valence-electron chi connectivity index (χ3n) is 1.09. The molecule has 0 spiro atoms. The van der Waals surface area contributed by atoms with Crippen LogP contribution >= 0.6 is 11.8 Å². The van der Waals surface area contributed by atoms with Crippen LogP contribution in [0.3, 0.4) is 0 Å². The van der Waals surface area contributed by atoms with Crippen LogP contribution in [0.4, 0.5) is 0 Å². The van der Waals surface area contributed by atoms with E-state index in [2.05, 4.69) is 4.99 Å². The maximum Gasteiger partial charge on any atom is 0.264 e. The quantitative estimate of drug-likeness (QED) is 0.534. The van der Waals surface area contributed by atoms with E-state index in [9.17, 15) is 4.79 Å². The molecular weight excluding hydrogens is 136 g/mol. The average molecular weight is 144 g/mol. The fourth-order valence-electron chi connectivity index (χ4n) is 0.563. The summed E-state index contributed by atoms with van der Waals surface area (Å²) in [4.78, 5) is 14.4. The van der Waals surface area contributed by atoms with Gasteiger partial charge in [-0.05, 0) is 13.8 Å². The van der Waals surface area contributed by atoms with Gasteiger partial charge in [-0.25, -0.2) is 0 Å². The van der Waals surface area contributed by atoms with Gasteiger partial charge in [-0.15, -0.1) is 0 Å². The SMILES string of the molecule is CC1(C)SC(N)=NC1=O. The Kier molecular flexibility index (Phi) is 1.27. The van der Waals surface area contributed by atoms with E-state index in [-0.39, 0.29) is 5.91 Å². The summed E-state index contributed by atoms with van der Waals surface area (Å²) >= 11 is 1.31. The monoisotopic (exact) mass is 144 g/mol. The molecule has 0 aromatic rings. The van der Waals surface area contributed by atoms with E-state index < -0.39 is 4.75 Å². The number of thioether (sulfide) groups is 1. The van der Waals surface area contributed by atoms with Crippen LogP contribution in [-0.2, 0) is 4.79 Å². The van der Waals surface area contributed by atoms with Crippen molar-refractivity contribution < 1.29 is 4.79 Å². The predicted octanol–water partition coefficient (Wildman–Crippen LogP) is 0.353. The van der Waals surface area contributed by atoms with Gasteiger partial charge in [-0.1, -0.05) is 11.8 Å². The lowest BCUT2D eigenvalue weighted by Crippen LogP contribution is -2.21. The number of rotatable bonds is 0. The van der Waals surface area contributed by atoms with Crippen LogP contribution in [0.15, 0.2) is 4.99 Å². The molecule has 1 amide bonds. The van der Waals surface area contributed by atoms with Gasteiger partial charge in [0.15, 0.2) is 5.17 Å². The highest BCUT2D eigenvalue weighted by atomic mass is 32.2. The van der Waals surface area contributed by atoms with Gasteiger partial charge in [0.05, 0.1) is 4.75 Å². The van der Waals surface area contributed by atoms with E-state index in [1.54, 1.807) is 0 Å². The van der Waals surface area contributed by atoms with Crippen molar-refractivity contribution in [2.45, 2.75) is 18.6 Å². The smallest absolute Gasteiger partial charge is 0.264 e. The Balaban J connectivity index is 2.84. The second kappa shape index (κ2) is 1.73. The first-order chi connectivity index (χ1) is 4.02. The predicted molar refractivity (Wildman–Crippen MR) is 38.3 cm³/mol. The first-order valence-electron chi connectivity index (χ1n) is 2.60. The van der Waals surface area contributed by atoms with Gasteiger partial charge in [-0.2, -0.15) is 4.99 Å². The molecule has 0 bridgehead atoms. The molecule has 3 nitrogen and oxygen atoms in total. The number of aliphatic imine (C=N–C) groups is 1. The van der Waals surface area contributed by atoms with Gasteiger partial charge in [0.1, 0.15) is 0 Å². The molecule has 0 fully saturated rings. The van der Waals surface area contributed by atoms with Crippen LogP contribution < -0.4 is 5.73 Å². The van der Waals surface area contributed by atoms with E-state index in [4.69, 9.17) is 5.73 Å². The van der Waals surface area contributed by atoms with Gasteiger partial charge in [-0.3, -0.25) is 4.79 Å².